The molecular weight excluding hydrogens is 475 g/mol. The predicted molar refractivity (Wildman–Crippen MR) is 127 cm³/mol. The first kappa shape index (κ1) is 22.5. The molecule has 1 aliphatic rings. The molecule has 0 unspecified atom stereocenters. The van der Waals surface area contributed by atoms with Crippen molar-refractivity contribution in [2.45, 2.75) is 25.7 Å². The molecule has 2 heterocycles. The highest BCUT2D eigenvalue weighted by molar-refractivity contribution is 9.10. The van der Waals surface area contributed by atoms with Gasteiger partial charge in [0.25, 0.3) is 5.91 Å². The van der Waals surface area contributed by atoms with Crippen molar-refractivity contribution in [1.82, 2.24) is 10.6 Å². The summed E-state index contributed by atoms with van der Waals surface area (Å²) < 4.78 is 21.2. The first-order valence-electron chi connectivity index (χ1n) is 10.8. The molecule has 1 saturated heterocycles. The lowest BCUT2D eigenvalue weighted by molar-refractivity contribution is 0.0975. The minimum Gasteiger partial charge on any atom is -0.464 e. The van der Waals surface area contributed by atoms with Gasteiger partial charge in [-0.2, -0.15) is 0 Å². The number of fused-ring (bicyclic) bond motifs is 1. The van der Waals surface area contributed by atoms with E-state index in [1.54, 1.807) is 12.3 Å². The summed E-state index contributed by atoms with van der Waals surface area (Å²) in [6.45, 7) is 2.52. The number of nitrogens with two attached hydrogens (primary N) is 1. The molecule has 0 spiro atoms. The minimum absolute atomic E-state index is 0.0630. The van der Waals surface area contributed by atoms with Crippen molar-refractivity contribution in [3.63, 3.8) is 0 Å². The van der Waals surface area contributed by atoms with Gasteiger partial charge in [0.1, 0.15) is 11.4 Å². The molecule has 4 N–H and O–H groups in total. The number of amides is 1. The van der Waals surface area contributed by atoms with E-state index in [9.17, 15) is 9.18 Å². The molecule has 4 rings (SSSR count). The second kappa shape index (κ2) is 10.3. The number of furan rings is 1. The van der Waals surface area contributed by atoms with E-state index in [0.717, 1.165) is 46.9 Å². The fourth-order valence-electron chi connectivity index (χ4n) is 4.10. The van der Waals surface area contributed by atoms with Crippen molar-refractivity contribution in [2.24, 2.45) is 16.6 Å². The Balaban J connectivity index is 1.47. The van der Waals surface area contributed by atoms with Crippen LogP contribution in [0.4, 0.5) is 4.39 Å². The van der Waals surface area contributed by atoms with Crippen LogP contribution >= 0.6 is 15.9 Å². The normalized spacial score (nSPS) is 15.2. The second-order valence-electron chi connectivity index (χ2n) is 8.04. The molecule has 1 aliphatic heterocycles. The molecule has 2 aromatic carbocycles. The number of guanidine groups is 1. The van der Waals surface area contributed by atoms with Gasteiger partial charge >= 0.3 is 0 Å². The lowest BCUT2D eigenvalue weighted by Crippen LogP contribution is -2.38. The van der Waals surface area contributed by atoms with E-state index < -0.39 is 11.7 Å². The van der Waals surface area contributed by atoms with Crippen LogP contribution in [-0.4, -0.2) is 31.5 Å². The Kier molecular flexibility index (Phi) is 7.22. The third-order valence-electron chi connectivity index (χ3n) is 5.82. The first-order chi connectivity index (χ1) is 15.5. The molecule has 0 atom stereocenters. The van der Waals surface area contributed by atoms with Crippen molar-refractivity contribution in [3.05, 3.63) is 69.6 Å². The SMILES string of the molecule is NC(=NCC1CCNCC1)NC(=O)c1cccc(F)c1CCc1cc(Br)cc2ccoc12. The van der Waals surface area contributed by atoms with Crippen LogP contribution in [0.15, 0.2) is 56.5 Å². The van der Waals surface area contributed by atoms with Crippen LogP contribution in [0.3, 0.4) is 0 Å². The van der Waals surface area contributed by atoms with E-state index in [2.05, 4.69) is 31.6 Å². The summed E-state index contributed by atoms with van der Waals surface area (Å²) in [6, 6.07) is 10.3. The average molecular weight is 501 g/mol. The summed E-state index contributed by atoms with van der Waals surface area (Å²) in [5.74, 6) is -0.356. The number of rotatable bonds is 6. The summed E-state index contributed by atoms with van der Waals surface area (Å²) in [7, 11) is 0. The van der Waals surface area contributed by atoms with Crippen molar-refractivity contribution in [1.29, 1.82) is 0 Å². The Morgan fingerprint density at radius 3 is 2.88 bits per heavy atom. The van der Waals surface area contributed by atoms with Crippen LogP contribution in [0.25, 0.3) is 11.0 Å². The van der Waals surface area contributed by atoms with Crippen molar-refractivity contribution >= 4 is 38.8 Å². The monoisotopic (exact) mass is 500 g/mol. The van der Waals surface area contributed by atoms with Gasteiger partial charge < -0.3 is 15.5 Å². The zero-order valence-electron chi connectivity index (χ0n) is 17.7. The van der Waals surface area contributed by atoms with Crippen LogP contribution < -0.4 is 16.4 Å². The van der Waals surface area contributed by atoms with Gasteiger partial charge in [0.15, 0.2) is 5.96 Å². The van der Waals surface area contributed by atoms with Gasteiger partial charge in [0, 0.05) is 27.5 Å². The van der Waals surface area contributed by atoms with E-state index in [4.69, 9.17) is 10.2 Å². The minimum atomic E-state index is -0.455. The maximum Gasteiger partial charge on any atom is 0.258 e. The molecule has 0 saturated carbocycles. The van der Waals surface area contributed by atoms with Gasteiger partial charge in [-0.3, -0.25) is 15.1 Å². The molecule has 8 heteroatoms. The lowest BCUT2D eigenvalue weighted by atomic mass is 9.98. The van der Waals surface area contributed by atoms with Crippen molar-refractivity contribution < 1.29 is 13.6 Å². The number of nitrogens with zero attached hydrogens (tertiary/aromatic N) is 1. The molecule has 6 nitrogen and oxygen atoms in total. The van der Waals surface area contributed by atoms with E-state index in [1.807, 2.05) is 18.2 Å². The third kappa shape index (κ3) is 5.37. The quantitative estimate of drug-likeness (QED) is 0.349. The molecule has 3 aromatic rings. The molecule has 32 heavy (non-hydrogen) atoms. The van der Waals surface area contributed by atoms with Gasteiger partial charge in [-0.25, -0.2) is 4.39 Å². The van der Waals surface area contributed by atoms with Gasteiger partial charge in [0.05, 0.1) is 6.26 Å². The van der Waals surface area contributed by atoms with Crippen LogP contribution in [0.1, 0.15) is 34.3 Å². The van der Waals surface area contributed by atoms with Crippen molar-refractivity contribution in [3.8, 4) is 0 Å². The summed E-state index contributed by atoms with van der Waals surface area (Å²) in [4.78, 5) is 17.2. The largest absolute Gasteiger partial charge is 0.464 e. The molecule has 1 fully saturated rings. The van der Waals surface area contributed by atoms with Gasteiger partial charge in [-0.05, 0) is 80.6 Å². The average Bonchev–Trinajstić information content (AvgIpc) is 3.25. The van der Waals surface area contributed by atoms with Crippen molar-refractivity contribution in [2.75, 3.05) is 19.6 Å². The van der Waals surface area contributed by atoms with E-state index in [0.29, 0.717) is 30.9 Å². The molecule has 1 aromatic heterocycles. The molecule has 168 valence electrons. The smallest absolute Gasteiger partial charge is 0.258 e. The highest BCUT2D eigenvalue weighted by Gasteiger charge is 2.18. The first-order valence-corrected chi connectivity index (χ1v) is 11.6. The summed E-state index contributed by atoms with van der Waals surface area (Å²) in [5, 5.41) is 6.90. The molecule has 1 amide bonds. The van der Waals surface area contributed by atoms with Crippen LogP contribution in [0, 0.1) is 11.7 Å². The fourth-order valence-corrected chi connectivity index (χ4v) is 4.62. The molecule has 0 aliphatic carbocycles. The number of nitrogens with one attached hydrogen (secondary N) is 2. The second-order valence-corrected chi connectivity index (χ2v) is 8.96. The van der Waals surface area contributed by atoms with Gasteiger partial charge in [-0.15, -0.1) is 0 Å². The molecule has 0 bridgehead atoms. The maximum atomic E-state index is 14.7. The molecule has 0 radical (unpaired) electrons. The Morgan fingerprint density at radius 2 is 2.06 bits per heavy atom. The van der Waals surface area contributed by atoms with Gasteiger partial charge in [-0.1, -0.05) is 22.0 Å². The van der Waals surface area contributed by atoms with E-state index in [-0.39, 0.29) is 11.5 Å². The highest BCUT2D eigenvalue weighted by Crippen LogP contribution is 2.27. The van der Waals surface area contributed by atoms with Crippen LogP contribution in [-0.2, 0) is 12.8 Å². The Morgan fingerprint density at radius 1 is 1.25 bits per heavy atom. The third-order valence-corrected chi connectivity index (χ3v) is 6.28. The topological polar surface area (TPSA) is 92.6 Å². The number of hydrogen-bond donors (Lipinski definition) is 3. The van der Waals surface area contributed by atoms with Crippen LogP contribution in [0.2, 0.25) is 0 Å². The lowest BCUT2D eigenvalue weighted by Gasteiger charge is -2.20. The zero-order valence-corrected chi connectivity index (χ0v) is 19.3. The Labute approximate surface area is 194 Å². The van der Waals surface area contributed by atoms with E-state index >= 15 is 0 Å². The highest BCUT2D eigenvalue weighted by atomic mass is 79.9. The number of hydrogen-bond acceptors (Lipinski definition) is 4. The summed E-state index contributed by atoms with van der Waals surface area (Å²) in [5.41, 5.74) is 8.25. The van der Waals surface area contributed by atoms with Crippen LogP contribution in [0.5, 0.6) is 0 Å². The number of halogens is 2. The number of aliphatic imine (C=N–C) groups is 1. The zero-order chi connectivity index (χ0) is 22.5. The summed E-state index contributed by atoms with van der Waals surface area (Å²) in [6.07, 6.45) is 4.57. The van der Waals surface area contributed by atoms with Gasteiger partial charge in [0.2, 0.25) is 0 Å². The summed E-state index contributed by atoms with van der Waals surface area (Å²) >= 11 is 3.51. The predicted octanol–water partition coefficient (Wildman–Crippen LogP) is 4.16. The number of piperidine rings is 1. The number of benzene rings is 2. The number of carbonyl (C=O) groups is 1. The Hall–Kier alpha value is -2.71. The maximum absolute atomic E-state index is 14.7. The standard InChI is InChI=1S/C24H26BrFN4O2/c25-18-12-16(22-17(13-18)8-11-32-22)4-5-19-20(2-1-3-21(19)26)23(31)30-24(27)29-14-15-6-9-28-10-7-15/h1-3,8,11-13,15,28H,4-7,9-10,14H2,(H3,27,29,30,31). The van der Waals surface area contributed by atoms with E-state index in [1.165, 1.54) is 12.1 Å². The fraction of sp³-hybridized carbons (Fsp3) is 0.333. The number of carbonyl (C=O) groups excluding carboxylic acids is 1. The molecular formula is C24H26BrFN4O2. The number of aryl methyl sites for hydroxylation is 1. The Bertz CT molecular complexity index is 1140.